The topological polar surface area (TPSA) is 87.5 Å². The zero-order valence-electron chi connectivity index (χ0n) is 19.5. The number of carbonyl (C=O) groups excluding carboxylic acids is 1. The van der Waals surface area contributed by atoms with E-state index in [0.29, 0.717) is 36.2 Å². The van der Waals surface area contributed by atoms with E-state index in [1.54, 1.807) is 32.4 Å². The molecular weight excluding hydrogens is 471 g/mol. The molecule has 8 nitrogen and oxygen atoms in total. The maximum absolute atomic E-state index is 13.9. The predicted octanol–water partition coefficient (Wildman–Crippen LogP) is 4.66. The van der Waals surface area contributed by atoms with Crippen LogP contribution in [0.4, 0.5) is 4.39 Å². The molecule has 0 aliphatic carbocycles. The van der Waals surface area contributed by atoms with E-state index in [2.05, 4.69) is 15.4 Å². The summed E-state index contributed by atoms with van der Waals surface area (Å²) in [6, 6.07) is 14.8. The van der Waals surface area contributed by atoms with Crippen LogP contribution in [0.15, 0.2) is 60.0 Å². The summed E-state index contributed by atoms with van der Waals surface area (Å²) in [5.41, 5.74) is 1.29. The van der Waals surface area contributed by atoms with Crippen molar-refractivity contribution in [2.45, 2.75) is 13.0 Å². The Hall–Kier alpha value is -3.76. The molecule has 0 saturated carbocycles. The summed E-state index contributed by atoms with van der Waals surface area (Å²) >= 11 is 1.45. The predicted molar refractivity (Wildman–Crippen MR) is 131 cm³/mol. The summed E-state index contributed by atoms with van der Waals surface area (Å²) in [6.07, 6.45) is 0. The van der Waals surface area contributed by atoms with Gasteiger partial charge in [-0.05, 0) is 54.3 Å². The van der Waals surface area contributed by atoms with E-state index in [1.807, 2.05) is 36.6 Å². The van der Waals surface area contributed by atoms with Gasteiger partial charge in [-0.2, -0.15) is 0 Å². The standard InChI is InChI=1S/C25H25FN4O4S/c1-16(17-9-10-20(21(14-17)33-3)34-12-11-32-2)27-25(31)23-28-24(22-8-5-13-35-22)30(29-23)19-7-4-6-18(26)15-19/h4-10,13-16H,11-12H2,1-3H3,(H,27,31). The van der Waals surface area contributed by atoms with Crippen molar-refractivity contribution >= 4 is 17.2 Å². The van der Waals surface area contributed by atoms with E-state index in [9.17, 15) is 9.18 Å². The number of carbonyl (C=O) groups is 1. The van der Waals surface area contributed by atoms with Crippen LogP contribution in [0.3, 0.4) is 0 Å². The fourth-order valence-corrected chi connectivity index (χ4v) is 4.11. The molecule has 10 heteroatoms. The Morgan fingerprint density at radius 3 is 2.69 bits per heavy atom. The minimum Gasteiger partial charge on any atom is -0.493 e. The number of amides is 1. The van der Waals surface area contributed by atoms with Crippen LogP contribution < -0.4 is 14.8 Å². The van der Waals surface area contributed by atoms with Gasteiger partial charge in [-0.15, -0.1) is 16.4 Å². The Kier molecular flexibility index (Phi) is 7.74. The van der Waals surface area contributed by atoms with Gasteiger partial charge in [0.1, 0.15) is 12.4 Å². The van der Waals surface area contributed by atoms with Crippen molar-refractivity contribution < 1.29 is 23.4 Å². The van der Waals surface area contributed by atoms with Crippen molar-refractivity contribution in [2.24, 2.45) is 0 Å². The summed E-state index contributed by atoms with van der Waals surface area (Å²) in [5, 5.41) is 9.21. The Morgan fingerprint density at radius 1 is 1.11 bits per heavy atom. The molecule has 2 aromatic heterocycles. The lowest BCUT2D eigenvalue weighted by molar-refractivity contribution is 0.0929. The highest BCUT2D eigenvalue weighted by atomic mass is 32.1. The fraction of sp³-hybridized carbons (Fsp3) is 0.240. The minimum absolute atomic E-state index is 0.0176. The Bertz CT molecular complexity index is 1290. The van der Waals surface area contributed by atoms with Gasteiger partial charge < -0.3 is 19.5 Å². The first-order chi connectivity index (χ1) is 17.0. The molecule has 0 saturated heterocycles. The first kappa shape index (κ1) is 24.4. The highest BCUT2D eigenvalue weighted by molar-refractivity contribution is 7.13. The van der Waals surface area contributed by atoms with Crippen LogP contribution in [-0.2, 0) is 4.74 Å². The van der Waals surface area contributed by atoms with Gasteiger partial charge in [-0.1, -0.05) is 18.2 Å². The van der Waals surface area contributed by atoms with Crippen molar-refractivity contribution in [2.75, 3.05) is 27.4 Å². The summed E-state index contributed by atoms with van der Waals surface area (Å²) in [7, 11) is 3.16. The van der Waals surface area contributed by atoms with Crippen molar-refractivity contribution in [1.82, 2.24) is 20.1 Å². The number of rotatable bonds is 10. The van der Waals surface area contributed by atoms with Gasteiger partial charge in [0.15, 0.2) is 17.3 Å². The van der Waals surface area contributed by atoms with Gasteiger partial charge >= 0.3 is 0 Å². The zero-order chi connectivity index (χ0) is 24.8. The van der Waals surface area contributed by atoms with Gasteiger partial charge in [0.2, 0.25) is 5.82 Å². The second kappa shape index (κ2) is 11.1. The molecule has 35 heavy (non-hydrogen) atoms. The van der Waals surface area contributed by atoms with Gasteiger partial charge in [-0.25, -0.2) is 14.1 Å². The number of hydrogen-bond donors (Lipinski definition) is 1. The molecule has 1 N–H and O–H groups in total. The summed E-state index contributed by atoms with van der Waals surface area (Å²) in [6.45, 7) is 2.70. The van der Waals surface area contributed by atoms with E-state index >= 15 is 0 Å². The monoisotopic (exact) mass is 496 g/mol. The second-order valence-electron chi connectivity index (χ2n) is 7.57. The maximum atomic E-state index is 13.9. The Balaban J connectivity index is 1.56. The average molecular weight is 497 g/mol. The average Bonchev–Trinajstić information content (AvgIpc) is 3.54. The second-order valence-corrected chi connectivity index (χ2v) is 8.52. The molecule has 1 unspecified atom stereocenters. The molecule has 0 fully saturated rings. The first-order valence-electron chi connectivity index (χ1n) is 10.9. The Morgan fingerprint density at radius 2 is 1.97 bits per heavy atom. The Labute approximate surface area is 206 Å². The highest BCUT2D eigenvalue weighted by Crippen LogP contribution is 2.31. The third kappa shape index (κ3) is 5.67. The largest absolute Gasteiger partial charge is 0.493 e. The molecular formula is C25H25FN4O4S. The third-order valence-corrected chi connectivity index (χ3v) is 6.05. The SMILES string of the molecule is COCCOc1ccc(C(C)NC(=O)c2nc(-c3cccs3)n(-c3cccc(F)c3)n2)cc1OC. The van der Waals surface area contributed by atoms with Gasteiger partial charge in [0, 0.05) is 7.11 Å². The number of nitrogens with zero attached hydrogens (tertiary/aromatic N) is 3. The molecule has 2 heterocycles. The molecule has 0 bridgehead atoms. The van der Waals surface area contributed by atoms with Gasteiger partial charge in [0.05, 0.1) is 30.3 Å². The molecule has 0 aliphatic heterocycles. The lowest BCUT2D eigenvalue weighted by Gasteiger charge is -2.16. The molecule has 1 amide bonds. The number of halogens is 1. The number of thiophene rings is 1. The van der Waals surface area contributed by atoms with Crippen LogP contribution in [-0.4, -0.2) is 48.1 Å². The summed E-state index contributed by atoms with van der Waals surface area (Å²) < 4.78 is 31.5. The normalized spacial score (nSPS) is 11.8. The summed E-state index contributed by atoms with van der Waals surface area (Å²) in [5.74, 6) is 0.720. The molecule has 0 radical (unpaired) electrons. The molecule has 0 aliphatic rings. The lowest BCUT2D eigenvalue weighted by Crippen LogP contribution is -2.27. The van der Waals surface area contributed by atoms with Crippen LogP contribution in [0.5, 0.6) is 11.5 Å². The quantitative estimate of drug-likeness (QED) is 0.321. The first-order valence-corrected chi connectivity index (χ1v) is 11.8. The van der Waals surface area contributed by atoms with Crippen molar-refractivity contribution in [3.05, 3.63) is 77.2 Å². The molecule has 182 valence electrons. The molecule has 0 spiro atoms. The number of methoxy groups -OCH3 is 2. The van der Waals surface area contributed by atoms with E-state index in [4.69, 9.17) is 14.2 Å². The van der Waals surface area contributed by atoms with E-state index < -0.39 is 11.7 Å². The van der Waals surface area contributed by atoms with E-state index in [-0.39, 0.29) is 11.9 Å². The maximum Gasteiger partial charge on any atom is 0.291 e. The van der Waals surface area contributed by atoms with Crippen LogP contribution in [0, 0.1) is 5.82 Å². The number of ether oxygens (including phenoxy) is 3. The molecule has 1 atom stereocenters. The molecule has 4 rings (SSSR count). The van der Waals surface area contributed by atoms with Crippen molar-refractivity contribution in [3.8, 4) is 27.9 Å². The molecule has 2 aromatic carbocycles. The van der Waals surface area contributed by atoms with Gasteiger partial charge in [0.25, 0.3) is 5.91 Å². The number of aromatic nitrogens is 3. The van der Waals surface area contributed by atoms with Crippen LogP contribution in [0.1, 0.15) is 29.1 Å². The van der Waals surface area contributed by atoms with E-state index in [0.717, 1.165) is 10.4 Å². The van der Waals surface area contributed by atoms with Crippen LogP contribution in [0.2, 0.25) is 0 Å². The van der Waals surface area contributed by atoms with Crippen molar-refractivity contribution in [3.63, 3.8) is 0 Å². The number of nitrogens with one attached hydrogen (secondary N) is 1. The summed E-state index contributed by atoms with van der Waals surface area (Å²) in [4.78, 5) is 18.3. The van der Waals surface area contributed by atoms with Gasteiger partial charge in [-0.3, -0.25) is 4.79 Å². The smallest absolute Gasteiger partial charge is 0.291 e. The zero-order valence-corrected chi connectivity index (χ0v) is 20.3. The highest BCUT2D eigenvalue weighted by Gasteiger charge is 2.22. The lowest BCUT2D eigenvalue weighted by atomic mass is 10.1. The molecule has 4 aromatic rings. The van der Waals surface area contributed by atoms with Crippen LogP contribution in [0.25, 0.3) is 16.4 Å². The minimum atomic E-state index is -0.454. The third-order valence-electron chi connectivity index (χ3n) is 5.18. The number of benzene rings is 2. The fourth-order valence-electron chi connectivity index (χ4n) is 3.41. The van der Waals surface area contributed by atoms with Crippen LogP contribution >= 0.6 is 11.3 Å². The van der Waals surface area contributed by atoms with Crippen molar-refractivity contribution in [1.29, 1.82) is 0 Å². The number of hydrogen-bond acceptors (Lipinski definition) is 7. The van der Waals surface area contributed by atoms with E-state index in [1.165, 1.54) is 28.2 Å².